The molecule has 19 heavy (non-hydrogen) atoms. The standard InChI is InChI=1S/C14H28N2O2.ClH/c1-4-11(3)12(15)13(18)16-8-6-14(5-2,10-17)7-9-16;/h11-12,17H,4-10,15H2,1-3H3;1H. The lowest BCUT2D eigenvalue weighted by atomic mass is 9.77. The van der Waals surface area contributed by atoms with E-state index in [1.165, 1.54) is 0 Å². The van der Waals surface area contributed by atoms with Gasteiger partial charge in [-0.25, -0.2) is 0 Å². The highest BCUT2D eigenvalue weighted by atomic mass is 35.5. The SMILES string of the molecule is CCC(C)C(N)C(=O)N1CCC(CC)(CO)CC1.Cl. The highest BCUT2D eigenvalue weighted by Crippen LogP contribution is 2.34. The smallest absolute Gasteiger partial charge is 0.239 e. The van der Waals surface area contributed by atoms with Crippen molar-refractivity contribution in [3.05, 3.63) is 0 Å². The summed E-state index contributed by atoms with van der Waals surface area (Å²) in [5.74, 6) is 0.306. The van der Waals surface area contributed by atoms with Gasteiger partial charge in [0.25, 0.3) is 0 Å². The molecule has 1 saturated heterocycles. The molecule has 0 spiro atoms. The van der Waals surface area contributed by atoms with Gasteiger partial charge in [0, 0.05) is 19.7 Å². The third-order valence-corrected chi connectivity index (χ3v) is 4.76. The zero-order valence-electron chi connectivity index (χ0n) is 12.4. The molecule has 1 aliphatic heterocycles. The number of carbonyl (C=O) groups is 1. The van der Waals surface area contributed by atoms with Gasteiger partial charge < -0.3 is 15.7 Å². The van der Waals surface area contributed by atoms with Gasteiger partial charge in [0.2, 0.25) is 5.91 Å². The van der Waals surface area contributed by atoms with Gasteiger partial charge in [-0.3, -0.25) is 4.79 Å². The van der Waals surface area contributed by atoms with Crippen molar-refractivity contribution in [3.8, 4) is 0 Å². The number of amides is 1. The number of nitrogens with zero attached hydrogens (tertiary/aromatic N) is 1. The van der Waals surface area contributed by atoms with Crippen molar-refractivity contribution < 1.29 is 9.90 Å². The third kappa shape index (κ3) is 4.33. The molecule has 1 heterocycles. The molecule has 1 rings (SSSR count). The topological polar surface area (TPSA) is 66.6 Å². The van der Waals surface area contributed by atoms with Gasteiger partial charge in [-0.1, -0.05) is 27.2 Å². The van der Waals surface area contributed by atoms with Gasteiger partial charge >= 0.3 is 0 Å². The third-order valence-electron chi connectivity index (χ3n) is 4.76. The van der Waals surface area contributed by atoms with Crippen LogP contribution in [0.4, 0.5) is 0 Å². The Kier molecular flexibility index (Phi) is 7.94. The van der Waals surface area contributed by atoms with Gasteiger partial charge in [-0.05, 0) is 30.6 Å². The predicted molar refractivity (Wildman–Crippen MR) is 80.3 cm³/mol. The van der Waals surface area contributed by atoms with Crippen LogP contribution in [0.2, 0.25) is 0 Å². The van der Waals surface area contributed by atoms with Crippen molar-refractivity contribution in [2.75, 3.05) is 19.7 Å². The number of carbonyl (C=O) groups excluding carboxylic acids is 1. The second-order valence-electron chi connectivity index (χ2n) is 5.75. The van der Waals surface area contributed by atoms with Crippen molar-refractivity contribution in [1.29, 1.82) is 0 Å². The van der Waals surface area contributed by atoms with Crippen LogP contribution in [0.1, 0.15) is 46.5 Å². The second-order valence-corrected chi connectivity index (χ2v) is 5.75. The van der Waals surface area contributed by atoms with Crippen LogP contribution in [-0.4, -0.2) is 41.7 Å². The molecule has 1 aliphatic rings. The number of aliphatic hydroxyl groups is 1. The summed E-state index contributed by atoms with van der Waals surface area (Å²) in [4.78, 5) is 14.1. The van der Waals surface area contributed by atoms with Crippen LogP contribution in [0.15, 0.2) is 0 Å². The van der Waals surface area contributed by atoms with Crippen molar-refractivity contribution in [3.63, 3.8) is 0 Å². The summed E-state index contributed by atoms with van der Waals surface area (Å²) in [7, 11) is 0. The van der Waals surface area contributed by atoms with Gasteiger partial charge in [0.05, 0.1) is 6.04 Å². The minimum Gasteiger partial charge on any atom is -0.396 e. The summed E-state index contributed by atoms with van der Waals surface area (Å²) in [5, 5.41) is 9.47. The largest absolute Gasteiger partial charge is 0.396 e. The van der Waals surface area contributed by atoms with Crippen LogP contribution in [0, 0.1) is 11.3 Å². The van der Waals surface area contributed by atoms with Crippen LogP contribution >= 0.6 is 12.4 Å². The fourth-order valence-corrected chi connectivity index (χ4v) is 2.53. The molecule has 0 aromatic heterocycles. The van der Waals surface area contributed by atoms with E-state index in [4.69, 9.17) is 5.73 Å². The molecule has 2 unspecified atom stereocenters. The maximum Gasteiger partial charge on any atom is 0.239 e. The first kappa shape index (κ1) is 18.7. The van der Waals surface area contributed by atoms with Gasteiger partial charge in [-0.2, -0.15) is 0 Å². The molecule has 1 fully saturated rings. The zero-order chi connectivity index (χ0) is 13.8. The van der Waals surface area contributed by atoms with Gasteiger partial charge in [0.1, 0.15) is 0 Å². The van der Waals surface area contributed by atoms with Gasteiger partial charge in [-0.15, -0.1) is 12.4 Å². The summed E-state index contributed by atoms with van der Waals surface area (Å²) in [6, 6.07) is -0.377. The van der Waals surface area contributed by atoms with E-state index in [1.807, 2.05) is 11.8 Å². The molecule has 2 atom stereocenters. The Morgan fingerprint density at radius 3 is 2.26 bits per heavy atom. The molecular formula is C14H29ClN2O2. The van der Waals surface area contributed by atoms with E-state index in [2.05, 4.69) is 13.8 Å². The number of piperidine rings is 1. The molecular weight excluding hydrogens is 264 g/mol. The molecule has 4 nitrogen and oxygen atoms in total. The molecule has 0 aliphatic carbocycles. The minimum atomic E-state index is -0.377. The lowest BCUT2D eigenvalue weighted by Crippen LogP contribution is -2.51. The number of hydrogen-bond donors (Lipinski definition) is 2. The van der Waals surface area contributed by atoms with E-state index in [9.17, 15) is 9.90 Å². The summed E-state index contributed by atoms with van der Waals surface area (Å²) in [6.07, 6.45) is 3.68. The van der Waals surface area contributed by atoms with E-state index in [1.54, 1.807) is 0 Å². The molecule has 0 saturated carbocycles. The Hall–Kier alpha value is -0.320. The summed E-state index contributed by atoms with van der Waals surface area (Å²) in [5.41, 5.74) is 6.02. The van der Waals surface area contributed by atoms with Crippen LogP contribution in [0.5, 0.6) is 0 Å². The van der Waals surface area contributed by atoms with Crippen molar-refractivity contribution >= 4 is 18.3 Å². The van der Waals surface area contributed by atoms with Gasteiger partial charge in [0.15, 0.2) is 0 Å². The van der Waals surface area contributed by atoms with E-state index in [0.29, 0.717) is 0 Å². The lowest BCUT2D eigenvalue weighted by molar-refractivity contribution is -0.136. The Morgan fingerprint density at radius 2 is 1.89 bits per heavy atom. The number of likely N-dealkylation sites (tertiary alicyclic amines) is 1. The first-order valence-electron chi connectivity index (χ1n) is 7.15. The normalized spacial score (nSPS) is 21.4. The number of halogens is 1. The number of nitrogens with two attached hydrogens (primary N) is 1. The fraction of sp³-hybridized carbons (Fsp3) is 0.929. The molecule has 0 aromatic carbocycles. The Labute approximate surface area is 123 Å². The van der Waals surface area contributed by atoms with Crippen molar-refractivity contribution in [1.82, 2.24) is 4.90 Å². The molecule has 1 amide bonds. The van der Waals surface area contributed by atoms with E-state index in [-0.39, 0.29) is 42.3 Å². The Morgan fingerprint density at radius 1 is 1.37 bits per heavy atom. The monoisotopic (exact) mass is 292 g/mol. The Bertz CT molecular complexity index is 273. The summed E-state index contributed by atoms with van der Waals surface area (Å²) < 4.78 is 0. The number of rotatable bonds is 5. The number of hydrogen-bond acceptors (Lipinski definition) is 3. The molecule has 114 valence electrons. The molecule has 5 heteroatoms. The lowest BCUT2D eigenvalue weighted by Gasteiger charge is -2.41. The molecule has 0 bridgehead atoms. The highest BCUT2D eigenvalue weighted by Gasteiger charge is 2.35. The van der Waals surface area contributed by atoms with E-state index >= 15 is 0 Å². The average Bonchev–Trinajstić information content (AvgIpc) is 2.44. The highest BCUT2D eigenvalue weighted by molar-refractivity contribution is 5.85. The van der Waals surface area contributed by atoms with E-state index < -0.39 is 0 Å². The Balaban J connectivity index is 0.00000324. The van der Waals surface area contributed by atoms with Crippen molar-refractivity contribution in [2.45, 2.75) is 52.5 Å². The summed E-state index contributed by atoms with van der Waals surface area (Å²) in [6.45, 7) is 7.88. The predicted octanol–water partition coefficient (Wildman–Crippen LogP) is 1.79. The second kappa shape index (κ2) is 8.08. The van der Waals surface area contributed by atoms with E-state index in [0.717, 1.165) is 38.8 Å². The molecule has 0 aromatic rings. The fourth-order valence-electron chi connectivity index (χ4n) is 2.53. The van der Waals surface area contributed by atoms with Crippen LogP contribution in [0.3, 0.4) is 0 Å². The number of aliphatic hydroxyl groups excluding tert-OH is 1. The maximum atomic E-state index is 12.2. The molecule has 3 N–H and O–H groups in total. The maximum absolute atomic E-state index is 12.2. The average molecular weight is 293 g/mol. The summed E-state index contributed by atoms with van der Waals surface area (Å²) >= 11 is 0. The first-order chi connectivity index (χ1) is 8.49. The minimum absolute atomic E-state index is 0. The molecule has 0 radical (unpaired) electrons. The van der Waals surface area contributed by atoms with Crippen LogP contribution in [0.25, 0.3) is 0 Å². The van der Waals surface area contributed by atoms with Crippen LogP contribution in [-0.2, 0) is 4.79 Å². The quantitative estimate of drug-likeness (QED) is 0.812. The zero-order valence-corrected chi connectivity index (χ0v) is 13.2. The van der Waals surface area contributed by atoms with Crippen LogP contribution < -0.4 is 5.73 Å². The van der Waals surface area contributed by atoms with Crippen molar-refractivity contribution in [2.24, 2.45) is 17.1 Å². The first-order valence-corrected chi connectivity index (χ1v) is 7.15.